The van der Waals surface area contributed by atoms with Crippen molar-refractivity contribution >= 4 is 17.3 Å². The summed E-state index contributed by atoms with van der Waals surface area (Å²) < 4.78 is 15.0. The second-order valence-electron chi connectivity index (χ2n) is 8.09. The minimum absolute atomic E-state index is 0.0121. The molecule has 32 heavy (non-hydrogen) atoms. The number of benzene rings is 2. The van der Waals surface area contributed by atoms with Crippen LogP contribution in [0.3, 0.4) is 0 Å². The Bertz CT molecular complexity index is 1140. The molecule has 2 heterocycles. The van der Waals surface area contributed by atoms with E-state index in [2.05, 4.69) is 9.80 Å². The third-order valence-electron chi connectivity index (χ3n) is 6.17. The first-order valence-corrected chi connectivity index (χ1v) is 11.2. The van der Waals surface area contributed by atoms with Crippen LogP contribution >= 0.6 is 11.6 Å². The Hall–Kier alpha value is -2.83. The third kappa shape index (κ3) is 4.38. The van der Waals surface area contributed by atoms with Crippen molar-refractivity contribution in [3.8, 4) is 5.75 Å². The van der Waals surface area contributed by atoms with Gasteiger partial charge < -0.3 is 14.6 Å². The first-order valence-electron chi connectivity index (χ1n) is 10.8. The average molecular weight is 456 g/mol. The van der Waals surface area contributed by atoms with Gasteiger partial charge in [-0.15, -0.1) is 0 Å². The number of hydrogen-bond donors (Lipinski definition) is 1. The summed E-state index contributed by atoms with van der Waals surface area (Å²) in [5, 5.41) is 11.5. The largest absolute Gasteiger partial charge is 0.507 e. The van der Waals surface area contributed by atoms with Gasteiger partial charge in [0.05, 0.1) is 11.6 Å². The van der Waals surface area contributed by atoms with Gasteiger partial charge in [-0.25, -0.2) is 4.39 Å². The third-order valence-corrected chi connectivity index (χ3v) is 6.42. The summed E-state index contributed by atoms with van der Waals surface area (Å²) in [7, 11) is 0. The first-order chi connectivity index (χ1) is 15.4. The Morgan fingerprint density at radius 2 is 1.66 bits per heavy atom. The summed E-state index contributed by atoms with van der Waals surface area (Å²) in [6.45, 7) is 7.10. The molecular formula is C25H27ClFN3O2. The summed E-state index contributed by atoms with van der Waals surface area (Å²) in [5.74, 6) is -0.240. The summed E-state index contributed by atoms with van der Waals surface area (Å²) in [4.78, 5) is 17.8. The number of hydrogen-bond acceptors (Lipinski definition) is 4. The quantitative estimate of drug-likeness (QED) is 0.611. The van der Waals surface area contributed by atoms with Crippen LogP contribution in [0.1, 0.15) is 29.8 Å². The Kier molecular flexibility index (Phi) is 6.53. The zero-order valence-corrected chi connectivity index (χ0v) is 19.0. The van der Waals surface area contributed by atoms with Crippen LogP contribution in [-0.4, -0.2) is 40.8 Å². The lowest BCUT2D eigenvalue weighted by atomic mass is 9.96. The Morgan fingerprint density at radius 1 is 1.03 bits per heavy atom. The molecule has 7 heteroatoms. The van der Waals surface area contributed by atoms with Crippen molar-refractivity contribution in [3.05, 3.63) is 92.6 Å². The lowest BCUT2D eigenvalue weighted by Gasteiger charge is -2.40. The number of pyridine rings is 1. The summed E-state index contributed by atoms with van der Waals surface area (Å²) in [5.41, 5.74) is 2.82. The lowest BCUT2D eigenvalue weighted by molar-refractivity contribution is 0.207. The molecule has 168 valence electrons. The van der Waals surface area contributed by atoms with Crippen molar-refractivity contribution in [1.82, 2.24) is 9.47 Å². The van der Waals surface area contributed by atoms with Crippen molar-refractivity contribution in [1.29, 1.82) is 0 Å². The van der Waals surface area contributed by atoms with Crippen LogP contribution in [-0.2, 0) is 6.54 Å². The number of piperazine rings is 1. The van der Waals surface area contributed by atoms with Gasteiger partial charge in [0, 0.05) is 49.1 Å². The topological polar surface area (TPSA) is 48.7 Å². The maximum Gasteiger partial charge on any atom is 0.259 e. The Labute approximate surface area is 192 Å². The normalized spacial score (nSPS) is 15.7. The van der Waals surface area contributed by atoms with E-state index >= 15 is 0 Å². The molecule has 1 atom stereocenters. The molecule has 1 saturated heterocycles. The van der Waals surface area contributed by atoms with E-state index in [1.807, 2.05) is 38.1 Å². The molecule has 0 bridgehead atoms. The number of aromatic nitrogens is 1. The van der Waals surface area contributed by atoms with Crippen LogP contribution in [0, 0.1) is 12.7 Å². The van der Waals surface area contributed by atoms with Gasteiger partial charge in [0.2, 0.25) is 0 Å². The minimum atomic E-state index is -0.395. The maximum atomic E-state index is 13.4. The fraction of sp³-hybridized carbons (Fsp3) is 0.320. The highest BCUT2D eigenvalue weighted by molar-refractivity contribution is 6.30. The molecule has 0 spiro atoms. The fourth-order valence-electron chi connectivity index (χ4n) is 4.51. The SMILES string of the molecule is CCn1c(C)cc(O)c([C@H](c2ccc(Cl)cc2)N2CCN(c3ccc(F)cc3)CC2)c1=O. The molecule has 1 aliphatic rings. The van der Waals surface area contributed by atoms with Crippen molar-refractivity contribution in [2.24, 2.45) is 0 Å². The van der Waals surface area contributed by atoms with Crippen molar-refractivity contribution in [2.75, 3.05) is 31.1 Å². The van der Waals surface area contributed by atoms with E-state index in [1.54, 1.807) is 22.8 Å². The van der Waals surface area contributed by atoms with Crippen LogP contribution in [0.4, 0.5) is 10.1 Å². The van der Waals surface area contributed by atoms with Crippen LogP contribution in [0.5, 0.6) is 5.75 Å². The second kappa shape index (κ2) is 9.35. The van der Waals surface area contributed by atoms with E-state index in [9.17, 15) is 14.3 Å². The molecule has 3 aromatic rings. The molecule has 0 saturated carbocycles. The van der Waals surface area contributed by atoms with Gasteiger partial charge in [-0.2, -0.15) is 0 Å². The molecule has 1 fully saturated rings. The lowest BCUT2D eigenvalue weighted by Crippen LogP contribution is -2.49. The first kappa shape index (κ1) is 22.4. The van der Waals surface area contributed by atoms with Crippen molar-refractivity contribution in [2.45, 2.75) is 26.4 Å². The minimum Gasteiger partial charge on any atom is -0.507 e. The number of anilines is 1. The highest BCUT2D eigenvalue weighted by Crippen LogP contribution is 2.34. The van der Waals surface area contributed by atoms with Gasteiger partial charge in [-0.1, -0.05) is 23.7 Å². The number of aromatic hydroxyl groups is 1. The van der Waals surface area contributed by atoms with E-state index in [1.165, 1.54) is 12.1 Å². The van der Waals surface area contributed by atoms with E-state index in [-0.39, 0.29) is 17.1 Å². The van der Waals surface area contributed by atoms with Gasteiger partial charge in [0.25, 0.3) is 5.56 Å². The van der Waals surface area contributed by atoms with Gasteiger partial charge in [0.1, 0.15) is 11.6 Å². The summed E-state index contributed by atoms with van der Waals surface area (Å²) in [6.07, 6.45) is 0. The van der Waals surface area contributed by atoms with E-state index in [0.29, 0.717) is 30.2 Å². The number of halogens is 2. The smallest absolute Gasteiger partial charge is 0.259 e. The van der Waals surface area contributed by atoms with E-state index < -0.39 is 6.04 Å². The molecule has 0 radical (unpaired) electrons. The van der Waals surface area contributed by atoms with Crippen LogP contribution < -0.4 is 10.5 Å². The molecule has 0 aliphatic carbocycles. The highest BCUT2D eigenvalue weighted by atomic mass is 35.5. The average Bonchev–Trinajstić information content (AvgIpc) is 2.78. The highest BCUT2D eigenvalue weighted by Gasteiger charge is 2.31. The molecule has 5 nitrogen and oxygen atoms in total. The molecule has 2 aromatic carbocycles. The van der Waals surface area contributed by atoms with Crippen molar-refractivity contribution in [3.63, 3.8) is 0 Å². The van der Waals surface area contributed by atoms with Crippen LogP contribution in [0.2, 0.25) is 5.02 Å². The van der Waals surface area contributed by atoms with Gasteiger partial charge in [0.15, 0.2) is 0 Å². The Morgan fingerprint density at radius 3 is 2.25 bits per heavy atom. The molecular weight excluding hydrogens is 429 g/mol. The number of rotatable bonds is 5. The van der Waals surface area contributed by atoms with Crippen LogP contribution in [0.25, 0.3) is 0 Å². The number of nitrogens with zero attached hydrogens (tertiary/aromatic N) is 3. The molecule has 1 aromatic heterocycles. The standard InChI is InChI=1S/C25H27ClFN3O2/c1-3-30-17(2)16-22(31)23(25(30)32)24(18-4-6-19(26)7-5-18)29-14-12-28(13-15-29)21-10-8-20(27)9-11-21/h4-11,16,24,31H,3,12-15H2,1-2H3/t24-/m0/s1. The molecule has 0 amide bonds. The Balaban J connectivity index is 1.70. The molecule has 4 rings (SSSR count). The summed E-state index contributed by atoms with van der Waals surface area (Å²) in [6, 6.07) is 15.2. The van der Waals surface area contributed by atoms with Gasteiger partial charge in [-0.3, -0.25) is 9.69 Å². The monoisotopic (exact) mass is 455 g/mol. The maximum absolute atomic E-state index is 13.4. The predicted octanol–water partition coefficient (Wildman–Crippen LogP) is 4.59. The van der Waals surface area contributed by atoms with Crippen molar-refractivity contribution < 1.29 is 9.50 Å². The number of aryl methyl sites for hydroxylation is 1. The van der Waals surface area contributed by atoms with E-state index in [0.717, 1.165) is 30.0 Å². The predicted molar refractivity (Wildman–Crippen MR) is 126 cm³/mol. The van der Waals surface area contributed by atoms with Gasteiger partial charge >= 0.3 is 0 Å². The zero-order valence-electron chi connectivity index (χ0n) is 18.3. The summed E-state index contributed by atoms with van der Waals surface area (Å²) >= 11 is 6.12. The zero-order chi connectivity index (χ0) is 22.8. The fourth-order valence-corrected chi connectivity index (χ4v) is 4.64. The van der Waals surface area contributed by atoms with E-state index in [4.69, 9.17) is 11.6 Å². The molecule has 0 unspecified atom stereocenters. The van der Waals surface area contributed by atoms with Crippen LogP contribution in [0.15, 0.2) is 59.4 Å². The molecule has 1 aliphatic heterocycles. The second-order valence-corrected chi connectivity index (χ2v) is 8.52. The van der Waals surface area contributed by atoms with Gasteiger partial charge in [-0.05, 0) is 61.9 Å². The molecule has 1 N–H and O–H groups in total.